The molecule has 32 heavy (non-hydrogen) atoms. The van der Waals surface area contributed by atoms with Gasteiger partial charge in [0, 0.05) is 5.56 Å². The number of halogens is 2. The van der Waals surface area contributed by atoms with Crippen molar-refractivity contribution in [3.05, 3.63) is 98.6 Å². The van der Waals surface area contributed by atoms with Crippen LogP contribution in [0.4, 0.5) is 10.1 Å². The summed E-state index contributed by atoms with van der Waals surface area (Å²) in [4.78, 5) is 17.4. The van der Waals surface area contributed by atoms with Crippen LogP contribution in [0, 0.1) is 5.82 Å². The van der Waals surface area contributed by atoms with Crippen molar-refractivity contribution < 1.29 is 13.9 Å². The smallest absolute Gasteiger partial charge is 0.264 e. The lowest BCUT2D eigenvalue weighted by Gasteiger charge is -2.09. The highest BCUT2D eigenvalue weighted by Crippen LogP contribution is 2.31. The van der Waals surface area contributed by atoms with Crippen LogP contribution in [0.25, 0.3) is 6.08 Å². The highest BCUT2D eigenvalue weighted by molar-refractivity contribution is 9.10. The number of carbonyl (C=O) groups is 1. The van der Waals surface area contributed by atoms with E-state index in [1.165, 1.54) is 23.4 Å². The van der Waals surface area contributed by atoms with Crippen LogP contribution < -0.4 is 10.1 Å². The number of amides is 1. The van der Waals surface area contributed by atoms with Crippen molar-refractivity contribution in [1.82, 2.24) is 5.32 Å². The summed E-state index contributed by atoms with van der Waals surface area (Å²) in [5, 5.41) is 3.36. The zero-order valence-corrected chi connectivity index (χ0v) is 19.7. The first-order valence-corrected chi connectivity index (χ1v) is 11.7. The summed E-state index contributed by atoms with van der Waals surface area (Å²) >= 11 is 4.79. The molecule has 3 aromatic rings. The van der Waals surface area contributed by atoms with Gasteiger partial charge < -0.3 is 10.1 Å². The molecule has 0 unspecified atom stereocenters. The van der Waals surface area contributed by atoms with Crippen molar-refractivity contribution in [2.24, 2.45) is 4.99 Å². The first-order chi connectivity index (χ1) is 15.5. The van der Waals surface area contributed by atoms with Gasteiger partial charge in [0.1, 0.15) is 18.2 Å². The van der Waals surface area contributed by atoms with Crippen LogP contribution >= 0.6 is 27.7 Å². The molecule has 4 nitrogen and oxygen atoms in total. The van der Waals surface area contributed by atoms with Gasteiger partial charge in [0.25, 0.3) is 5.91 Å². The van der Waals surface area contributed by atoms with E-state index >= 15 is 0 Å². The van der Waals surface area contributed by atoms with Gasteiger partial charge in [-0.25, -0.2) is 9.38 Å². The second-order valence-electron chi connectivity index (χ2n) is 7.07. The second kappa shape index (κ2) is 10.1. The Hall–Kier alpha value is -2.90. The molecule has 1 heterocycles. The van der Waals surface area contributed by atoms with Gasteiger partial charge in [-0.05, 0) is 81.6 Å². The van der Waals surface area contributed by atoms with E-state index in [1.807, 2.05) is 36.4 Å². The number of amidine groups is 1. The SMILES string of the molecule is CCc1ccc(N=C2NC(=O)/C(=C/c3ccc(OCc4ccccc4F)c(Br)c3)S2)cc1. The number of thioether (sulfide) groups is 1. The van der Waals surface area contributed by atoms with Crippen LogP contribution in [0.15, 0.2) is 81.1 Å². The molecule has 1 aliphatic heterocycles. The second-order valence-corrected chi connectivity index (χ2v) is 8.96. The quantitative estimate of drug-likeness (QED) is 0.379. The molecule has 1 aliphatic rings. The van der Waals surface area contributed by atoms with E-state index in [0.29, 0.717) is 21.4 Å². The maximum atomic E-state index is 13.8. The predicted octanol–water partition coefficient (Wildman–Crippen LogP) is 6.62. The van der Waals surface area contributed by atoms with Crippen LogP contribution in [0.5, 0.6) is 5.75 Å². The molecular weight excluding hydrogens is 491 g/mol. The van der Waals surface area contributed by atoms with Gasteiger partial charge in [-0.3, -0.25) is 4.79 Å². The van der Waals surface area contributed by atoms with E-state index in [-0.39, 0.29) is 18.3 Å². The fraction of sp³-hybridized carbons (Fsp3) is 0.120. The molecular formula is C25H20BrFN2O2S. The van der Waals surface area contributed by atoms with Crippen molar-refractivity contribution in [1.29, 1.82) is 0 Å². The third-order valence-corrected chi connectivity index (χ3v) is 6.35. The number of rotatable bonds is 6. The Bertz CT molecular complexity index is 1210. The number of hydrogen-bond donors (Lipinski definition) is 1. The number of benzene rings is 3. The Labute approximate surface area is 198 Å². The van der Waals surface area contributed by atoms with Crippen molar-refractivity contribution in [2.75, 3.05) is 0 Å². The zero-order valence-electron chi connectivity index (χ0n) is 17.3. The Morgan fingerprint density at radius 1 is 1.12 bits per heavy atom. The number of carbonyl (C=O) groups excluding carboxylic acids is 1. The molecule has 1 N–H and O–H groups in total. The van der Waals surface area contributed by atoms with Gasteiger partial charge in [-0.1, -0.05) is 43.3 Å². The molecule has 0 aromatic heterocycles. The summed E-state index contributed by atoms with van der Waals surface area (Å²) in [6, 6.07) is 20.0. The number of nitrogens with zero attached hydrogens (tertiary/aromatic N) is 1. The fourth-order valence-electron chi connectivity index (χ4n) is 3.05. The predicted molar refractivity (Wildman–Crippen MR) is 131 cm³/mol. The molecule has 4 rings (SSSR count). The van der Waals surface area contributed by atoms with Crippen LogP contribution in [0.3, 0.4) is 0 Å². The van der Waals surface area contributed by atoms with Gasteiger partial charge in [-0.15, -0.1) is 0 Å². The average Bonchev–Trinajstić information content (AvgIpc) is 3.13. The molecule has 1 saturated heterocycles. The Morgan fingerprint density at radius 3 is 2.62 bits per heavy atom. The van der Waals surface area contributed by atoms with Gasteiger partial charge >= 0.3 is 0 Å². The molecule has 0 aliphatic carbocycles. The molecule has 0 saturated carbocycles. The number of hydrogen-bond acceptors (Lipinski definition) is 4. The number of aryl methyl sites for hydroxylation is 1. The minimum Gasteiger partial charge on any atom is -0.488 e. The molecule has 0 spiro atoms. The summed E-state index contributed by atoms with van der Waals surface area (Å²) in [6.45, 7) is 2.23. The highest BCUT2D eigenvalue weighted by Gasteiger charge is 2.23. The van der Waals surface area contributed by atoms with Gasteiger partial charge in [0.15, 0.2) is 5.17 Å². The Balaban J connectivity index is 1.45. The van der Waals surface area contributed by atoms with Crippen molar-refractivity contribution in [3.8, 4) is 5.75 Å². The lowest BCUT2D eigenvalue weighted by molar-refractivity contribution is -0.115. The molecule has 7 heteroatoms. The molecule has 0 bridgehead atoms. The van der Waals surface area contributed by atoms with E-state index in [0.717, 1.165) is 22.1 Å². The molecule has 0 atom stereocenters. The van der Waals surface area contributed by atoms with Gasteiger partial charge in [0.05, 0.1) is 15.1 Å². The Kier molecular flexibility index (Phi) is 7.07. The maximum absolute atomic E-state index is 13.8. The molecule has 1 amide bonds. The number of ether oxygens (including phenoxy) is 1. The van der Waals surface area contributed by atoms with E-state index in [2.05, 4.69) is 33.2 Å². The van der Waals surface area contributed by atoms with E-state index in [4.69, 9.17) is 4.74 Å². The highest BCUT2D eigenvalue weighted by atomic mass is 79.9. The standard InChI is InChI=1S/C25H20BrFN2O2S/c1-2-16-7-10-19(11-8-16)28-25-29-24(30)23(32-25)14-17-9-12-22(20(26)13-17)31-15-18-5-3-4-6-21(18)27/h3-14H,2,15H2,1H3,(H,28,29,30)/b23-14-. The average molecular weight is 511 g/mol. The first kappa shape index (κ1) is 22.3. The minimum atomic E-state index is -0.298. The van der Waals surface area contributed by atoms with Gasteiger partial charge in [-0.2, -0.15) is 0 Å². The summed E-state index contributed by atoms with van der Waals surface area (Å²) < 4.78 is 20.2. The monoisotopic (exact) mass is 510 g/mol. The Morgan fingerprint density at radius 2 is 1.91 bits per heavy atom. The van der Waals surface area contributed by atoms with E-state index in [9.17, 15) is 9.18 Å². The molecule has 1 fully saturated rings. The summed E-state index contributed by atoms with van der Waals surface area (Å²) in [6.07, 6.45) is 2.77. The fourth-order valence-corrected chi connectivity index (χ4v) is 4.40. The lowest BCUT2D eigenvalue weighted by Crippen LogP contribution is -2.19. The van der Waals surface area contributed by atoms with Crippen LogP contribution in [-0.2, 0) is 17.8 Å². The summed E-state index contributed by atoms with van der Waals surface area (Å²) in [5.74, 6) is 0.111. The topological polar surface area (TPSA) is 50.7 Å². The number of nitrogens with one attached hydrogen (secondary N) is 1. The van der Waals surface area contributed by atoms with E-state index in [1.54, 1.807) is 30.3 Å². The van der Waals surface area contributed by atoms with Crippen LogP contribution in [0.2, 0.25) is 0 Å². The van der Waals surface area contributed by atoms with Crippen LogP contribution in [-0.4, -0.2) is 11.1 Å². The largest absolute Gasteiger partial charge is 0.488 e. The van der Waals surface area contributed by atoms with Crippen molar-refractivity contribution >= 4 is 50.5 Å². The third-order valence-electron chi connectivity index (χ3n) is 4.82. The maximum Gasteiger partial charge on any atom is 0.264 e. The zero-order chi connectivity index (χ0) is 22.5. The normalized spacial score (nSPS) is 15.9. The molecule has 162 valence electrons. The molecule has 0 radical (unpaired) electrons. The summed E-state index contributed by atoms with van der Waals surface area (Å²) in [7, 11) is 0. The summed E-state index contributed by atoms with van der Waals surface area (Å²) in [5.41, 5.74) is 3.36. The first-order valence-electron chi connectivity index (χ1n) is 10.1. The van der Waals surface area contributed by atoms with Crippen molar-refractivity contribution in [2.45, 2.75) is 20.0 Å². The lowest BCUT2D eigenvalue weighted by atomic mass is 10.2. The number of aliphatic imine (C=N–C) groups is 1. The third kappa shape index (κ3) is 5.47. The minimum absolute atomic E-state index is 0.128. The van der Waals surface area contributed by atoms with Crippen molar-refractivity contribution in [3.63, 3.8) is 0 Å². The van der Waals surface area contributed by atoms with Crippen LogP contribution in [0.1, 0.15) is 23.6 Å². The van der Waals surface area contributed by atoms with E-state index < -0.39 is 0 Å². The van der Waals surface area contributed by atoms with Gasteiger partial charge in [0.2, 0.25) is 0 Å². The molecule has 3 aromatic carbocycles.